The Labute approximate surface area is 119 Å². The van der Waals surface area contributed by atoms with Gasteiger partial charge in [0.05, 0.1) is 0 Å². The molecule has 0 unspecified atom stereocenters. The molecule has 2 nitrogen and oxygen atoms in total. The van der Waals surface area contributed by atoms with Crippen molar-refractivity contribution in [3.05, 3.63) is 65.7 Å². The monoisotopic (exact) mass is 270 g/mol. The van der Waals surface area contributed by atoms with E-state index < -0.39 is 0 Å². The van der Waals surface area contributed by atoms with E-state index in [-0.39, 0.29) is 5.82 Å². The van der Waals surface area contributed by atoms with Gasteiger partial charge in [-0.1, -0.05) is 12.1 Å². The quantitative estimate of drug-likeness (QED) is 0.844. The molecule has 104 valence electrons. The van der Waals surface area contributed by atoms with Crippen molar-refractivity contribution in [2.45, 2.75) is 25.3 Å². The van der Waals surface area contributed by atoms with Crippen LogP contribution in [0.4, 0.5) is 4.39 Å². The van der Waals surface area contributed by atoms with Gasteiger partial charge in [0, 0.05) is 25.0 Å². The molecule has 3 rings (SSSR count). The van der Waals surface area contributed by atoms with Gasteiger partial charge in [0.15, 0.2) is 0 Å². The number of aromatic nitrogens is 1. The third kappa shape index (κ3) is 3.05. The Kier molecular flexibility index (Phi) is 4.07. The summed E-state index contributed by atoms with van der Waals surface area (Å²) in [5.41, 5.74) is 2.42. The standard InChI is InChI=1S/C17H19FN2/c18-16-4-1-3-15(13-16)17-5-2-11-20(17)12-8-14-6-9-19-10-7-14/h1,3-4,6-7,9-10,13,17H,2,5,8,11-12H2/t17-/m0/s1. The van der Waals surface area contributed by atoms with Crippen LogP contribution in [-0.2, 0) is 6.42 Å². The molecule has 1 aromatic heterocycles. The highest BCUT2D eigenvalue weighted by Crippen LogP contribution is 2.32. The van der Waals surface area contributed by atoms with E-state index in [1.807, 2.05) is 24.5 Å². The minimum Gasteiger partial charge on any atom is -0.296 e. The van der Waals surface area contributed by atoms with Crippen molar-refractivity contribution in [1.82, 2.24) is 9.88 Å². The molecule has 1 aromatic carbocycles. The van der Waals surface area contributed by atoms with Crippen LogP contribution in [0, 0.1) is 5.82 Å². The van der Waals surface area contributed by atoms with Gasteiger partial charge < -0.3 is 0 Å². The molecule has 0 N–H and O–H groups in total. The Morgan fingerprint density at radius 1 is 1.20 bits per heavy atom. The second-order valence-electron chi connectivity index (χ2n) is 5.35. The van der Waals surface area contributed by atoms with E-state index in [0.717, 1.165) is 31.5 Å². The molecule has 1 atom stereocenters. The van der Waals surface area contributed by atoms with Crippen molar-refractivity contribution in [3.63, 3.8) is 0 Å². The maximum absolute atomic E-state index is 13.4. The molecule has 0 aliphatic carbocycles. The largest absolute Gasteiger partial charge is 0.296 e. The van der Waals surface area contributed by atoms with Crippen LogP contribution in [0.1, 0.15) is 30.0 Å². The third-order valence-corrected chi connectivity index (χ3v) is 4.03. The molecule has 0 saturated carbocycles. The molecule has 0 amide bonds. The summed E-state index contributed by atoms with van der Waals surface area (Å²) < 4.78 is 13.4. The van der Waals surface area contributed by atoms with E-state index in [2.05, 4.69) is 22.0 Å². The smallest absolute Gasteiger partial charge is 0.123 e. The lowest BCUT2D eigenvalue weighted by molar-refractivity contribution is 0.260. The van der Waals surface area contributed by atoms with Gasteiger partial charge in [-0.2, -0.15) is 0 Å². The highest BCUT2D eigenvalue weighted by Gasteiger charge is 2.25. The molecular weight excluding hydrogens is 251 g/mol. The summed E-state index contributed by atoms with van der Waals surface area (Å²) in [7, 11) is 0. The predicted molar refractivity (Wildman–Crippen MR) is 77.9 cm³/mol. The summed E-state index contributed by atoms with van der Waals surface area (Å²) in [6, 6.07) is 11.5. The topological polar surface area (TPSA) is 16.1 Å². The molecule has 20 heavy (non-hydrogen) atoms. The van der Waals surface area contributed by atoms with Gasteiger partial charge in [0.1, 0.15) is 5.82 Å². The van der Waals surface area contributed by atoms with E-state index in [9.17, 15) is 4.39 Å². The Hall–Kier alpha value is -1.74. The number of pyridine rings is 1. The van der Waals surface area contributed by atoms with E-state index in [1.54, 1.807) is 6.07 Å². The summed E-state index contributed by atoms with van der Waals surface area (Å²) in [5.74, 6) is -0.136. The van der Waals surface area contributed by atoms with Gasteiger partial charge in [0.2, 0.25) is 0 Å². The zero-order valence-electron chi connectivity index (χ0n) is 11.5. The van der Waals surface area contributed by atoms with Gasteiger partial charge in [-0.05, 0) is 61.2 Å². The molecule has 3 heteroatoms. The highest BCUT2D eigenvalue weighted by molar-refractivity contribution is 5.21. The SMILES string of the molecule is Fc1cccc([C@@H]2CCCN2CCc2ccncc2)c1. The minimum absolute atomic E-state index is 0.136. The number of hydrogen-bond donors (Lipinski definition) is 0. The lowest BCUT2D eigenvalue weighted by Crippen LogP contribution is -2.25. The van der Waals surface area contributed by atoms with Crippen molar-refractivity contribution in [1.29, 1.82) is 0 Å². The van der Waals surface area contributed by atoms with Crippen LogP contribution in [0.15, 0.2) is 48.8 Å². The van der Waals surface area contributed by atoms with Gasteiger partial charge in [-0.3, -0.25) is 9.88 Å². The summed E-state index contributed by atoms with van der Waals surface area (Å²) in [6.07, 6.45) is 7.01. The van der Waals surface area contributed by atoms with Crippen LogP contribution >= 0.6 is 0 Å². The maximum Gasteiger partial charge on any atom is 0.123 e. The number of rotatable bonds is 4. The van der Waals surface area contributed by atoms with Crippen molar-refractivity contribution >= 4 is 0 Å². The van der Waals surface area contributed by atoms with Crippen LogP contribution in [0.25, 0.3) is 0 Å². The highest BCUT2D eigenvalue weighted by atomic mass is 19.1. The Morgan fingerprint density at radius 3 is 2.85 bits per heavy atom. The van der Waals surface area contributed by atoms with E-state index in [0.29, 0.717) is 6.04 Å². The molecule has 0 bridgehead atoms. The van der Waals surface area contributed by atoms with E-state index in [1.165, 1.54) is 18.1 Å². The van der Waals surface area contributed by atoms with Crippen LogP contribution < -0.4 is 0 Å². The lowest BCUT2D eigenvalue weighted by atomic mass is 10.0. The maximum atomic E-state index is 13.4. The zero-order valence-corrected chi connectivity index (χ0v) is 11.5. The molecule has 1 saturated heterocycles. The molecule has 0 radical (unpaired) electrons. The summed E-state index contributed by atoms with van der Waals surface area (Å²) >= 11 is 0. The molecular formula is C17H19FN2. The van der Waals surface area contributed by atoms with Gasteiger partial charge in [-0.25, -0.2) is 4.39 Å². The second-order valence-corrected chi connectivity index (χ2v) is 5.35. The fourth-order valence-electron chi connectivity index (χ4n) is 3.01. The lowest BCUT2D eigenvalue weighted by Gasteiger charge is -2.24. The fourth-order valence-corrected chi connectivity index (χ4v) is 3.01. The average molecular weight is 270 g/mol. The van der Waals surface area contributed by atoms with Crippen LogP contribution in [0.2, 0.25) is 0 Å². The number of halogens is 1. The third-order valence-electron chi connectivity index (χ3n) is 4.03. The number of likely N-dealkylation sites (tertiary alicyclic amines) is 1. The van der Waals surface area contributed by atoms with Gasteiger partial charge >= 0.3 is 0 Å². The first-order chi connectivity index (χ1) is 9.83. The minimum atomic E-state index is -0.136. The predicted octanol–water partition coefficient (Wildman–Crippen LogP) is 3.60. The Morgan fingerprint density at radius 2 is 2.05 bits per heavy atom. The fraction of sp³-hybridized carbons (Fsp3) is 0.353. The average Bonchev–Trinajstić information content (AvgIpc) is 2.95. The van der Waals surface area contributed by atoms with Crippen molar-refractivity contribution in [2.24, 2.45) is 0 Å². The molecule has 0 spiro atoms. The first-order valence-electron chi connectivity index (χ1n) is 7.21. The van der Waals surface area contributed by atoms with Crippen LogP contribution in [-0.4, -0.2) is 23.0 Å². The van der Waals surface area contributed by atoms with Crippen molar-refractivity contribution < 1.29 is 4.39 Å². The number of hydrogen-bond acceptors (Lipinski definition) is 2. The molecule has 1 aliphatic rings. The second kappa shape index (κ2) is 6.14. The molecule has 1 fully saturated rings. The van der Waals surface area contributed by atoms with Gasteiger partial charge in [0.25, 0.3) is 0 Å². The van der Waals surface area contributed by atoms with Crippen LogP contribution in [0.3, 0.4) is 0 Å². The van der Waals surface area contributed by atoms with Crippen LogP contribution in [0.5, 0.6) is 0 Å². The Balaban J connectivity index is 1.67. The van der Waals surface area contributed by atoms with Crippen molar-refractivity contribution in [3.8, 4) is 0 Å². The summed E-state index contributed by atoms with van der Waals surface area (Å²) in [5, 5.41) is 0. The first kappa shape index (κ1) is 13.3. The summed E-state index contributed by atoms with van der Waals surface area (Å²) in [4.78, 5) is 6.51. The Bertz CT molecular complexity index is 556. The van der Waals surface area contributed by atoms with E-state index in [4.69, 9.17) is 0 Å². The molecule has 1 aliphatic heterocycles. The van der Waals surface area contributed by atoms with Gasteiger partial charge in [-0.15, -0.1) is 0 Å². The molecule has 2 aromatic rings. The molecule has 2 heterocycles. The summed E-state index contributed by atoms with van der Waals surface area (Å²) in [6.45, 7) is 2.12. The number of benzene rings is 1. The first-order valence-corrected chi connectivity index (χ1v) is 7.21. The zero-order chi connectivity index (χ0) is 13.8. The van der Waals surface area contributed by atoms with Crippen molar-refractivity contribution in [2.75, 3.05) is 13.1 Å². The normalized spacial score (nSPS) is 19.4. The number of nitrogens with zero attached hydrogens (tertiary/aromatic N) is 2. The van der Waals surface area contributed by atoms with E-state index >= 15 is 0 Å².